The molecule has 0 aromatic carbocycles. The summed E-state index contributed by atoms with van der Waals surface area (Å²) in [4.78, 5) is 6.23. The van der Waals surface area contributed by atoms with Crippen molar-refractivity contribution >= 4 is 21.7 Å². The van der Waals surface area contributed by atoms with Crippen molar-refractivity contribution in [2.24, 2.45) is 5.92 Å². The zero-order chi connectivity index (χ0) is 13.1. The molecule has 0 radical (unpaired) electrons. The summed E-state index contributed by atoms with van der Waals surface area (Å²) in [6.07, 6.45) is 4.09. The van der Waals surface area contributed by atoms with Gasteiger partial charge in [-0.25, -0.2) is 9.37 Å². The summed E-state index contributed by atoms with van der Waals surface area (Å²) in [5.41, 5.74) is 0. The topological polar surface area (TPSA) is 25.4 Å². The van der Waals surface area contributed by atoms with Crippen molar-refractivity contribution in [3.63, 3.8) is 0 Å². The van der Waals surface area contributed by atoms with Crippen LogP contribution in [0.25, 0.3) is 0 Å². The second-order valence-electron chi connectivity index (χ2n) is 4.72. The van der Waals surface area contributed by atoms with Gasteiger partial charge >= 0.3 is 0 Å². The molecule has 1 heterocycles. The maximum absolute atomic E-state index is 14.0. The molecule has 0 bridgehead atoms. The molecular weight excluding hydrogens is 299 g/mol. The highest BCUT2D eigenvalue weighted by Gasteiger charge is 2.33. The van der Waals surface area contributed by atoms with E-state index in [1.165, 1.54) is 18.9 Å². The summed E-state index contributed by atoms with van der Waals surface area (Å²) in [5.74, 6) is 0.800. The Morgan fingerprint density at radius 1 is 1.61 bits per heavy atom. The fourth-order valence-electron chi connectivity index (χ4n) is 2.14. The first kappa shape index (κ1) is 13.7. The van der Waals surface area contributed by atoms with E-state index in [4.69, 9.17) is 4.74 Å². The van der Waals surface area contributed by atoms with Gasteiger partial charge in [0.05, 0.1) is 6.61 Å². The zero-order valence-corrected chi connectivity index (χ0v) is 12.3. The van der Waals surface area contributed by atoms with Gasteiger partial charge in [0.15, 0.2) is 11.6 Å². The lowest BCUT2D eigenvalue weighted by Gasteiger charge is -2.30. The molecule has 3 nitrogen and oxygen atoms in total. The van der Waals surface area contributed by atoms with Crippen LogP contribution in [0, 0.1) is 11.7 Å². The van der Waals surface area contributed by atoms with Crippen LogP contribution < -0.4 is 4.90 Å². The van der Waals surface area contributed by atoms with Crippen LogP contribution in [0.4, 0.5) is 10.2 Å². The van der Waals surface area contributed by atoms with Crippen LogP contribution in [0.2, 0.25) is 0 Å². The summed E-state index contributed by atoms with van der Waals surface area (Å²) in [7, 11) is 1.66. The number of pyridine rings is 1. The summed E-state index contributed by atoms with van der Waals surface area (Å²) < 4.78 is 19.8. The fraction of sp³-hybridized carbons (Fsp3) is 0.615. The molecule has 18 heavy (non-hydrogen) atoms. The Hall–Kier alpha value is -0.680. The highest BCUT2D eigenvalue weighted by Crippen LogP contribution is 2.37. The van der Waals surface area contributed by atoms with Crippen LogP contribution in [0.1, 0.15) is 19.8 Å². The Kier molecular flexibility index (Phi) is 4.56. The van der Waals surface area contributed by atoms with E-state index in [-0.39, 0.29) is 5.82 Å². The Labute approximate surface area is 115 Å². The minimum Gasteiger partial charge on any atom is -0.383 e. The second-order valence-corrected chi connectivity index (χ2v) is 5.64. The molecule has 0 amide bonds. The van der Waals surface area contributed by atoms with Crippen LogP contribution in [0.15, 0.2) is 16.7 Å². The molecule has 1 fully saturated rings. The molecule has 1 unspecified atom stereocenters. The number of anilines is 1. The van der Waals surface area contributed by atoms with Gasteiger partial charge in [-0.15, -0.1) is 0 Å². The number of ether oxygens (including phenoxy) is 1. The zero-order valence-electron chi connectivity index (χ0n) is 10.7. The van der Waals surface area contributed by atoms with Gasteiger partial charge in [0.25, 0.3) is 0 Å². The van der Waals surface area contributed by atoms with E-state index in [0.717, 1.165) is 0 Å². The highest BCUT2D eigenvalue weighted by atomic mass is 79.9. The Morgan fingerprint density at radius 2 is 2.33 bits per heavy atom. The summed E-state index contributed by atoms with van der Waals surface area (Å²) in [6.45, 7) is 3.38. The largest absolute Gasteiger partial charge is 0.383 e. The number of methoxy groups -OCH3 is 1. The van der Waals surface area contributed by atoms with Gasteiger partial charge in [-0.05, 0) is 47.7 Å². The molecule has 1 aliphatic rings. The number of hydrogen-bond donors (Lipinski definition) is 0. The van der Waals surface area contributed by atoms with Crippen LogP contribution in [-0.4, -0.2) is 31.3 Å². The van der Waals surface area contributed by atoms with E-state index in [2.05, 4.69) is 27.8 Å². The van der Waals surface area contributed by atoms with Crippen LogP contribution in [-0.2, 0) is 4.74 Å². The smallest absolute Gasteiger partial charge is 0.166 e. The van der Waals surface area contributed by atoms with E-state index in [0.29, 0.717) is 35.4 Å². The summed E-state index contributed by atoms with van der Waals surface area (Å²) >= 11 is 3.23. The van der Waals surface area contributed by atoms with Gasteiger partial charge < -0.3 is 9.64 Å². The molecule has 1 atom stereocenters. The van der Waals surface area contributed by atoms with Crippen molar-refractivity contribution in [2.75, 3.05) is 25.2 Å². The molecule has 1 aromatic rings. The number of halogens is 2. The van der Waals surface area contributed by atoms with Crippen LogP contribution >= 0.6 is 15.9 Å². The Bertz CT molecular complexity index is 412. The van der Waals surface area contributed by atoms with Crippen molar-refractivity contribution in [2.45, 2.75) is 25.8 Å². The molecule has 1 aliphatic carbocycles. The summed E-state index contributed by atoms with van der Waals surface area (Å²) in [6, 6.07) is 1.77. The summed E-state index contributed by atoms with van der Waals surface area (Å²) in [5, 5.41) is 0. The lowest BCUT2D eigenvalue weighted by Crippen LogP contribution is -2.38. The van der Waals surface area contributed by atoms with Gasteiger partial charge in [0.1, 0.15) is 0 Å². The van der Waals surface area contributed by atoms with Gasteiger partial charge in [-0.3, -0.25) is 0 Å². The predicted octanol–water partition coefficient (Wildman–Crippen LogP) is 3.23. The number of nitrogens with zero attached hydrogens (tertiary/aromatic N) is 2. The van der Waals surface area contributed by atoms with Crippen molar-refractivity contribution in [1.29, 1.82) is 0 Å². The van der Waals surface area contributed by atoms with Gasteiger partial charge in [-0.1, -0.05) is 0 Å². The predicted molar refractivity (Wildman–Crippen MR) is 73.3 cm³/mol. The molecule has 0 spiro atoms. The maximum atomic E-state index is 14.0. The van der Waals surface area contributed by atoms with E-state index in [9.17, 15) is 4.39 Å². The van der Waals surface area contributed by atoms with Gasteiger partial charge in [0, 0.05) is 30.4 Å². The van der Waals surface area contributed by atoms with E-state index >= 15 is 0 Å². The third kappa shape index (κ3) is 3.20. The van der Waals surface area contributed by atoms with Gasteiger partial charge in [0.2, 0.25) is 0 Å². The fourth-order valence-corrected chi connectivity index (χ4v) is 2.45. The van der Waals surface area contributed by atoms with Crippen molar-refractivity contribution in [3.05, 3.63) is 22.6 Å². The maximum Gasteiger partial charge on any atom is 0.166 e. The quantitative estimate of drug-likeness (QED) is 0.805. The minimum absolute atomic E-state index is 0.284. The number of hydrogen-bond acceptors (Lipinski definition) is 3. The molecule has 0 aliphatic heterocycles. The van der Waals surface area contributed by atoms with Crippen LogP contribution in [0.3, 0.4) is 0 Å². The lowest BCUT2D eigenvalue weighted by atomic mass is 10.2. The molecule has 100 valence electrons. The number of rotatable bonds is 6. The first-order chi connectivity index (χ1) is 8.63. The third-order valence-electron chi connectivity index (χ3n) is 3.39. The molecular formula is C13H18BrFN2O. The molecule has 1 saturated carbocycles. The van der Waals surface area contributed by atoms with Crippen molar-refractivity contribution in [1.82, 2.24) is 4.98 Å². The van der Waals surface area contributed by atoms with E-state index < -0.39 is 0 Å². The van der Waals surface area contributed by atoms with Crippen molar-refractivity contribution in [3.8, 4) is 0 Å². The average Bonchev–Trinajstić information content (AvgIpc) is 3.15. The Morgan fingerprint density at radius 3 is 2.89 bits per heavy atom. The van der Waals surface area contributed by atoms with Crippen LogP contribution in [0.5, 0.6) is 0 Å². The molecule has 1 aromatic heterocycles. The SMILES string of the molecule is COCCN(c1ncc(Br)cc1F)C(C)C1CC1. The standard InChI is InChI=1S/C13H18BrFN2O/c1-9(10-3-4-10)17(5-6-18-2)13-12(15)7-11(14)8-16-13/h7-10H,3-6H2,1-2H3. The number of aromatic nitrogens is 1. The van der Waals surface area contributed by atoms with Crippen molar-refractivity contribution < 1.29 is 9.13 Å². The lowest BCUT2D eigenvalue weighted by molar-refractivity contribution is 0.202. The first-order valence-electron chi connectivity index (χ1n) is 6.20. The second kappa shape index (κ2) is 5.97. The van der Waals surface area contributed by atoms with Gasteiger partial charge in [-0.2, -0.15) is 0 Å². The third-order valence-corrected chi connectivity index (χ3v) is 3.83. The normalized spacial score (nSPS) is 16.7. The first-order valence-corrected chi connectivity index (χ1v) is 6.99. The highest BCUT2D eigenvalue weighted by molar-refractivity contribution is 9.10. The minimum atomic E-state index is -0.284. The van der Waals surface area contributed by atoms with E-state index in [1.54, 1.807) is 13.3 Å². The molecule has 5 heteroatoms. The average molecular weight is 317 g/mol. The van der Waals surface area contributed by atoms with E-state index in [1.807, 2.05) is 4.90 Å². The molecule has 2 rings (SSSR count). The molecule has 0 N–H and O–H groups in total. The monoisotopic (exact) mass is 316 g/mol. The Balaban J connectivity index is 2.20. The molecule has 0 saturated heterocycles.